The van der Waals surface area contributed by atoms with E-state index in [9.17, 15) is 10.2 Å². The van der Waals surface area contributed by atoms with Gasteiger partial charge in [-0.3, -0.25) is 0 Å². The molecule has 0 bridgehead atoms. The smallest absolute Gasteiger partial charge is 0.237 e. The monoisotopic (exact) mass is 246 g/mol. The van der Waals surface area contributed by atoms with Crippen LogP contribution < -0.4 is 0 Å². The number of aliphatic hydroxyl groups excluding tert-OH is 3. The molecule has 96 valence electrons. The molecular formula is C8H14N4O5. The van der Waals surface area contributed by atoms with Gasteiger partial charge in [0.15, 0.2) is 0 Å². The number of H-pyrrole nitrogens is 1. The Morgan fingerprint density at radius 1 is 1.59 bits per heavy atom. The number of aliphatic hydroxyl groups is 3. The van der Waals surface area contributed by atoms with E-state index in [1.807, 2.05) is 0 Å². The molecule has 0 aliphatic carbocycles. The minimum Gasteiger partial charge on any atom is -0.394 e. The van der Waals surface area contributed by atoms with Crippen molar-refractivity contribution in [1.82, 2.24) is 20.6 Å². The number of rotatable bonds is 3. The molecule has 4 N–H and O–H groups in total. The van der Waals surface area contributed by atoms with Crippen molar-refractivity contribution in [3.8, 4) is 0 Å². The summed E-state index contributed by atoms with van der Waals surface area (Å²) in [6.07, 6.45) is -3.33. The highest BCUT2D eigenvalue weighted by Gasteiger charge is 2.50. The van der Waals surface area contributed by atoms with Gasteiger partial charge in [-0.2, -0.15) is 5.21 Å². The van der Waals surface area contributed by atoms with Crippen molar-refractivity contribution in [1.29, 1.82) is 0 Å². The van der Waals surface area contributed by atoms with E-state index in [0.29, 0.717) is 0 Å². The minimum absolute atomic E-state index is 0.0549. The number of methoxy groups -OCH3 is 1. The Hall–Kier alpha value is -1.13. The molecule has 0 radical (unpaired) electrons. The summed E-state index contributed by atoms with van der Waals surface area (Å²) in [5, 5.41) is 41.5. The fourth-order valence-corrected chi connectivity index (χ4v) is 1.84. The molecule has 1 aliphatic heterocycles. The zero-order valence-corrected chi connectivity index (χ0v) is 9.15. The van der Waals surface area contributed by atoms with Gasteiger partial charge in [0, 0.05) is 13.5 Å². The molecule has 2 rings (SSSR count). The Morgan fingerprint density at radius 2 is 2.35 bits per heavy atom. The van der Waals surface area contributed by atoms with E-state index in [0.717, 1.165) is 0 Å². The molecule has 0 aromatic carbocycles. The Balaban J connectivity index is 2.29. The fraction of sp³-hybridized carbons (Fsp3) is 0.875. The Morgan fingerprint density at radius 3 is 2.88 bits per heavy atom. The number of aromatic amines is 1. The van der Waals surface area contributed by atoms with Crippen molar-refractivity contribution >= 4 is 0 Å². The SMILES string of the molecule is CO[C@@]1(c2nn[nH]n2)C[C@@H](O)[C@H](O)[C@@H](CO)O1. The topological polar surface area (TPSA) is 134 Å². The number of hydrogen-bond donors (Lipinski definition) is 4. The lowest BCUT2D eigenvalue weighted by atomic mass is 9.95. The third kappa shape index (κ3) is 2.03. The first-order valence-corrected chi connectivity index (χ1v) is 5.07. The van der Waals surface area contributed by atoms with E-state index in [-0.39, 0.29) is 12.2 Å². The van der Waals surface area contributed by atoms with Crippen LogP contribution in [-0.4, -0.2) is 68.0 Å². The summed E-state index contributed by atoms with van der Waals surface area (Å²) in [5.74, 6) is -1.32. The first-order chi connectivity index (χ1) is 8.13. The number of nitrogens with one attached hydrogen (secondary N) is 1. The largest absolute Gasteiger partial charge is 0.394 e. The van der Waals surface area contributed by atoms with Crippen LogP contribution in [0, 0.1) is 0 Å². The fourth-order valence-electron chi connectivity index (χ4n) is 1.84. The summed E-state index contributed by atoms with van der Waals surface area (Å²) >= 11 is 0. The summed E-state index contributed by atoms with van der Waals surface area (Å²) in [6, 6.07) is 0. The Labute approximate surface area is 96.4 Å². The van der Waals surface area contributed by atoms with Gasteiger partial charge in [-0.1, -0.05) is 0 Å². The van der Waals surface area contributed by atoms with Crippen LogP contribution in [0.2, 0.25) is 0 Å². The summed E-state index contributed by atoms with van der Waals surface area (Å²) in [4.78, 5) is 0. The number of nitrogens with zero attached hydrogens (tertiary/aromatic N) is 3. The van der Waals surface area contributed by atoms with Crippen molar-refractivity contribution in [2.75, 3.05) is 13.7 Å². The van der Waals surface area contributed by atoms with Gasteiger partial charge >= 0.3 is 0 Å². The lowest BCUT2D eigenvalue weighted by Crippen LogP contribution is -2.55. The average molecular weight is 246 g/mol. The zero-order chi connectivity index (χ0) is 12.5. The molecule has 9 nitrogen and oxygen atoms in total. The lowest BCUT2D eigenvalue weighted by molar-refractivity contribution is -0.326. The Bertz CT molecular complexity index is 361. The van der Waals surface area contributed by atoms with Crippen LogP contribution in [0.1, 0.15) is 12.2 Å². The van der Waals surface area contributed by atoms with Crippen LogP contribution in [0.4, 0.5) is 0 Å². The van der Waals surface area contributed by atoms with Gasteiger partial charge in [-0.05, 0) is 5.21 Å². The maximum atomic E-state index is 9.74. The third-order valence-corrected chi connectivity index (χ3v) is 2.79. The van der Waals surface area contributed by atoms with E-state index in [1.54, 1.807) is 0 Å². The van der Waals surface area contributed by atoms with Crippen LogP contribution in [0.5, 0.6) is 0 Å². The second kappa shape index (κ2) is 4.63. The van der Waals surface area contributed by atoms with Gasteiger partial charge in [-0.15, -0.1) is 10.2 Å². The highest BCUT2D eigenvalue weighted by Crippen LogP contribution is 2.36. The average Bonchev–Trinajstić information content (AvgIpc) is 2.87. The van der Waals surface area contributed by atoms with E-state index < -0.39 is 30.7 Å². The Kier molecular flexibility index (Phi) is 3.35. The minimum atomic E-state index is -1.42. The first-order valence-electron chi connectivity index (χ1n) is 5.07. The summed E-state index contributed by atoms with van der Waals surface area (Å²) in [7, 11) is 1.36. The molecule has 1 saturated heterocycles. The predicted octanol–water partition coefficient (Wildman–Crippen LogP) is -2.50. The van der Waals surface area contributed by atoms with Crippen LogP contribution in [0.25, 0.3) is 0 Å². The number of aromatic nitrogens is 4. The molecule has 0 amide bonds. The van der Waals surface area contributed by atoms with Crippen molar-refractivity contribution in [3.05, 3.63) is 5.82 Å². The molecule has 2 heterocycles. The molecule has 0 saturated carbocycles. The molecule has 1 aliphatic rings. The number of ether oxygens (including phenoxy) is 2. The predicted molar refractivity (Wildman–Crippen MR) is 51.5 cm³/mol. The van der Waals surface area contributed by atoms with Gasteiger partial charge in [0.25, 0.3) is 0 Å². The standard InChI is InChI=1S/C8H14N4O5/c1-16-8(7-9-11-12-10-7)2-4(14)6(15)5(3-13)17-8/h4-6,13-15H,2-3H2,1H3,(H,9,10,11,12)/t4-,5-,6+,8+/m1/s1. The second-order valence-electron chi connectivity index (χ2n) is 3.79. The zero-order valence-electron chi connectivity index (χ0n) is 9.15. The van der Waals surface area contributed by atoms with Gasteiger partial charge in [0.05, 0.1) is 12.7 Å². The van der Waals surface area contributed by atoms with Crippen LogP contribution in [0.3, 0.4) is 0 Å². The quantitative estimate of drug-likeness (QED) is 0.460. The number of tetrazole rings is 1. The molecule has 9 heteroatoms. The molecule has 1 aromatic rings. The first kappa shape index (κ1) is 12.3. The van der Waals surface area contributed by atoms with E-state index in [1.165, 1.54) is 7.11 Å². The van der Waals surface area contributed by atoms with Gasteiger partial charge in [-0.25, -0.2) is 0 Å². The van der Waals surface area contributed by atoms with Crippen molar-refractivity contribution < 1.29 is 24.8 Å². The van der Waals surface area contributed by atoms with Crippen molar-refractivity contribution in [2.45, 2.75) is 30.5 Å². The normalized spacial score (nSPS) is 38.2. The van der Waals surface area contributed by atoms with Crippen LogP contribution in [0.15, 0.2) is 0 Å². The highest BCUT2D eigenvalue weighted by atomic mass is 16.7. The summed E-state index contributed by atoms with van der Waals surface area (Å²) in [6.45, 7) is -0.457. The second-order valence-corrected chi connectivity index (χ2v) is 3.79. The van der Waals surface area contributed by atoms with Crippen LogP contribution in [-0.2, 0) is 15.3 Å². The summed E-state index contributed by atoms with van der Waals surface area (Å²) in [5.41, 5.74) is 0. The molecular weight excluding hydrogens is 232 g/mol. The highest BCUT2D eigenvalue weighted by molar-refractivity contribution is 4.99. The lowest BCUT2D eigenvalue weighted by Gasteiger charge is -2.42. The van der Waals surface area contributed by atoms with E-state index in [4.69, 9.17) is 14.6 Å². The maximum absolute atomic E-state index is 9.74. The van der Waals surface area contributed by atoms with Crippen molar-refractivity contribution in [2.24, 2.45) is 0 Å². The molecule has 4 atom stereocenters. The maximum Gasteiger partial charge on any atom is 0.237 e. The van der Waals surface area contributed by atoms with Crippen molar-refractivity contribution in [3.63, 3.8) is 0 Å². The van der Waals surface area contributed by atoms with Gasteiger partial charge in [0.1, 0.15) is 12.2 Å². The molecule has 17 heavy (non-hydrogen) atoms. The summed E-state index contributed by atoms with van der Waals surface area (Å²) < 4.78 is 10.6. The molecule has 1 fully saturated rings. The third-order valence-electron chi connectivity index (χ3n) is 2.79. The molecule has 0 unspecified atom stereocenters. The molecule has 1 aromatic heterocycles. The van der Waals surface area contributed by atoms with E-state index >= 15 is 0 Å². The molecule has 0 spiro atoms. The van der Waals surface area contributed by atoms with Gasteiger partial charge < -0.3 is 24.8 Å². The number of hydrogen-bond acceptors (Lipinski definition) is 8. The van der Waals surface area contributed by atoms with E-state index in [2.05, 4.69) is 20.6 Å². The van der Waals surface area contributed by atoms with Gasteiger partial charge in [0.2, 0.25) is 11.6 Å². The van der Waals surface area contributed by atoms with Crippen LogP contribution >= 0.6 is 0 Å².